The van der Waals surface area contributed by atoms with Gasteiger partial charge in [-0.05, 0) is 12.3 Å². The van der Waals surface area contributed by atoms with Crippen LogP contribution in [0.15, 0.2) is 0 Å². The number of rotatable bonds is 16. The molecule has 0 saturated carbocycles. The molecule has 0 fully saturated rings. The van der Waals surface area contributed by atoms with Crippen LogP contribution in [0.25, 0.3) is 0 Å². The number of carbonyl (C=O) groups is 1. The van der Waals surface area contributed by atoms with Crippen molar-refractivity contribution in [2.24, 2.45) is 5.92 Å². The smallest absolute Gasteiger partial charge is 0.463 e. The van der Waals surface area contributed by atoms with Crippen LogP contribution >= 0.6 is 7.82 Å². The largest absolute Gasteiger partial charge is 0.469 e. The van der Waals surface area contributed by atoms with E-state index in [-0.39, 0.29) is 6.61 Å². The van der Waals surface area contributed by atoms with Crippen LogP contribution in [0.1, 0.15) is 78.1 Å². The second kappa shape index (κ2) is 14.7. The SMILES string of the molecule is CC(C)CCCCCCCCCCC(=O)OCC(O)COP(=O)(O)O. The molecule has 0 bridgehead atoms. The average Bonchev–Trinajstić information content (AvgIpc) is 2.51. The van der Waals surface area contributed by atoms with Crippen LogP contribution in [-0.4, -0.2) is 40.2 Å². The van der Waals surface area contributed by atoms with Gasteiger partial charge in [0, 0.05) is 6.42 Å². The highest BCUT2D eigenvalue weighted by atomic mass is 31.2. The van der Waals surface area contributed by atoms with E-state index in [2.05, 4.69) is 18.4 Å². The van der Waals surface area contributed by atoms with Gasteiger partial charge in [-0.1, -0.05) is 65.2 Å². The summed E-state index contributed by atoms with van der Waals surface area (Å²) >= 11 is 0. The van der Waals surface area contributed by atoms with Crippen molar-refractivity contribution in [3.8, 4) is 0 Å². The number of carbonyl (C=O) groups excluding carboxylic acids is 1. The molecule has 25 heavy (non-hydrogen) atoms. The summed E-state index contributed by atoms with van der Waals surface area (Å²) < 4.78 is 19.4. The molecule has 3 N–H and O–H groups in total. The van der Waals surface area contributed by atoms with Crippen LogP contribution in [0.5, 0.6) is 0 Å². The Balaban J connectivity index is 3.39. The van der Waals surface area contributed by atoms with Crippen LogP contribution in [0.4, 0.5) is 0 Å². The first kappa shape index (κ1) is 24.5. The molecule has 1 unspecified atom stereocenters. The van der Waals surface area contributed by atoms with Gasteiger partial charge in [0.1, 0.15) is 12.7 Å². The number of esters is 1. The number of aliphatic hydroxyl groups excluding tert-OH is 1. The quantitative estimate of drug-likeness (QED) is 0.212. The van der Waals surface area contributed by atoms with Gasteiger partial charge in [-0.15, -0.1) is 0 Å². The summed E-state index contributed by atoms with van der Waals surface area (Å²) in [4.78, 5) is 28.4. The molecule has 0 radical (unpaired) electrons. The highest BCUT2D eigenvalue weighted by Crippen LogP contribution is 2.35. The first-order chi connectivity index (χ1) is 11.7. The lowest BCUT2D eigenvalue weighted by Crippen LogP contribution is -2.23. The van der Waals surface area contributed by atoms with Gasteiger partial charge in [-0.25, -0.2) is 4.57 Å². The summed E-state index contributed by atoms with van der Waals surface area (Å²) in [6.07, 6.45) is 9.53. The van der Waals surface area contributed by atoms with Gasteiger partial charge in [0.25, 0.3) is 0 Å². The summed E-state index contributed by atoms with van der Waals surface area (Å²) in [6, 6.07) is 0. The number of phosphoric ester groups is 1. The number of aliphatic hydroxyl groups is 1. The normalized spacial score (nSPS) is 13.2. The van der Waals surface area contributed by atoms with Crippen molar-refractivity contribution < 1.29 is 33.5 Å². The molecule has 0 heterocycles. The summed E-state index contributed by atoms with van der Waals surface area (Å²) in [5, 5.41) is 9.38. The zero-order valence-electron chi connectivity index (χ0n) is 15.6. The molecule has 7 nitrogen and oxygen atoms in total. The Bertz CT molecular complexity index is 381. The van der Waals surface area contributed by atoms with Gasteiger partial charge in [-0.2, -0.15) is 0 Å². The summed E-state index contributed by atoms with van der Waals surface area (Å²) in [6.45, 7) is 3.60. The summed E-state index contributed by atoms with van der Waals surface area (Å²) in [5.41, 5.74) is 0. The Hall–Kier alpha value is -0.460. The minimum Gasteiger partial charge on any atom is -0.463 e. The molecule has 1 atom stereocenters. The highest BCUT2D eigenvalue weighted by Gasteiger charge is 2.17. The Morgan fingerprint density at radius 3 is 1.96 bits per heavy atom. The van der Waals surface area contributed by atoms with E-state index in [1.54, 1.807) is 0 Å². The molecule has 150 valence electrons. The zero-order valence-corrected chi connectivity index (χ0v) is 16.5. The lowest BCUT2D eigenvalue weighted by molar-refractivity contribution is -0.147. The Kier molecular flexibility index (Phi) is 14.4. The number of phosphoric acid groups is 1. The maximum Gasteiger partial charge on any atom is 0.469 e. The lowest BCUT2D eigenvalue weighted by atomic mass is 10.0. The van der Waals surface area contributed by atoms with E-state index in [4.69, 9.17) is 14.5 Å². The number of unbranched alkanes of at least 4 members (excludes halogenated alkanes) is 7. The third-order valence-corrected chi connectivity index (χ3v) is 4.27. The van der Waals surface area contributed by atoms with E-state index in [0.29, 0.717) is 6.42 Å². The first-order valence-electron chi connectivity index (χ1n) is 9.24. The lowest BCUT2D eigenvalue weighted by Gasteiger charge is -2.12. The van der Waals surface area contributed by atoms with E-state index in [1.807, 2.05) is 0 Å². The van der Waals surface area contributed by atoms with Crippen molar-refractivity contribution in [2.75, 3.05) is 13.2 Å². The van der Waals surface area contributed by atoms with E-state index in [0.717, 1.165) is 25.2 Å². The molecule has 0 amide bonds. The molecule has 0 saturated heterocycles. The molecular weight excluding hydrogens is 347 g/mol. The predicted octanol–water partition coefficient (Wildman–Crippen LogP) is 3.56. The topological polar surface area (TPSA) is 113 Å². The third-order valence-electron chi connectivity index (χ3n) is 3.78. The highest BCUT2D eigenvalue weighted by molar-refractivity contribution is 7.46. The number of hydrogen-bond acceptors (Lipinski definition) is 5. The molecule has 0 aliphatic heterocycles. The second-order valence-corrected chi connectivity index (χ2v) is 8.12. The molecule has 8 heteroatoms. The van der Waals surface area contributed by atoms with Crippen LogP contribution < -0.4 is 0 Å². The van der Waals surface area contributed by atoms with Gasteiger partial charge in [-0.3, -0.25) is 9.32 Å². The van der Waals surface area contributed by atoms with E-state index in [9.17, 15) is 14.5 Å². The second-order valence-electron chi connectivity index (χ2n) is 6.88. The van der Waals surface area contributed by atoms with Crippen molar-refractivity contribution in [1.82, 2.24) is 0 Å². The Morgan fingerprint density at radius 1 is 0.920 bits per heavy atom. The maximum atomic E-state index is 11.5. The molecule has 0 rings (SSSR count). The number of ether oxygens (including phenoxy) is 1. The van der Waals surface area contributed by atoms with Gasteiger partial charge >= 0.3 is 13.8 Å². The molecular formula is C17H35O7P. The molecule has 0 aromatic rings. The van der Waals surface area contributed by atoms with Gasteiger partial charge in [0.15, 0.2) is 0 Å². The fourth-order valence-corrected chi connectivity index (χ4v) is 2.74. The summed E-state index contributed by atoms with van der Waals surface area (Å²) in [5.74, 6) is 0.378. The van der Waals surface area contributed by atoms with E-state index >= 15 is 0 Å². The minimum absolute atomic E-state index is 0.292. The van der Waals surface area contributed by atoms with Crippen molar-refractivity contribution in [1.29, 1.82) is 0 Å². The van der Waals surface area contributed by atoms with Crippen molar-refractivity contribution >= 4 is 13.8 Å². The van der Waals surface area contributed by atoms with Gasteiger partial charge in [0.2, 0.25) is 0 Å². The van der Waals surface area contributed by atoms with Crippen LogP contribution in [0, 0.1) is 5.92 Å². The fourth-order valence-electron chi connectivity index (χ4n) is 2.38. The standard InChI is InChI=1S/C17H35O7P/c1-15(2)11-9-7-5-3-4-6-8-10-12-17(19)23-13-16(18)14-24-25(20,21)22/h15-16,18H,3-14H2,1-2H3,(H2,20,21,22). The fraction of sp³-hybridized carbons (Fsp3) is 0.941. The molecule has 0 aromatic carbocycles. The van der Waals surface area contributed by atoms with Gasteiger partial charge < -0.3 is 19.6 Å². The average molecular weight is 382 g/mol. The minimum atomic E-state index is -4.61. The zero-order chi connectivity index (χ0) is 19.1. The van der Waals surface area contributed by atoms with Crippen LogP contribution in [0.2, 0.25) is 0 Å². The van der Waals surface area contributed by atoms with Crippen molar-refractivity contribution in [3.63, 3.8) is 0 Å². The van der Waals surface area contributed by atoms with E-state index < -0.39 is 26.5 Å². The molecule has 0 spiro atoms. The van der Waals surface area contributed by atoms with Crippen LogP contribution in [-0.2, 0) is 18.6 Å². The van der Waals surface area contributed by atoms with Crippen LogP contribution in [0.3, 0.4) is 0 Å². The number of hydrogen-bond donors (Lipinski definition) is 3. The predicted molar refractivity (Wildman–Crippen MR) is 96.0 cm³/mol. The third kappa shape index (κ3) is 19.7. The monoisotopic (exact) mass is 382 g/mol. The van der Waals surface area contributed by atoms with Gasteiger partial charge in [0.05, 0.1) is 6.61 Å². The van der Waals surface area contributed by atoms with E-state index in [1.165, 1.54) is 38.5 Å². The Morgan fingerprint density at radius 2 is 1.44 bits per heavy atom. The maximum absolute atomic E-state index is 11.5. The van der Waals surface area contributed by atoms with Crippen molar-refractivity contribution in [2.45, 2.75) is 84.2 Å². The molecule has 0 aliphatic carbocycles. The molecule has 0 aromatic heterocycles. The first-order valence-corrected chi connectivity index (χ1v) is 10.8. The molecule has 0 aliphatic rings. The van der Waals surface area contributed by atoms with Crippen molar-refractivity contribution in [3.05, 3.63) is 0 Å². The Labute approximate surface area is 151 Å². The summed E-state index contributed by atoms with van der Waals surface area (Å²) in [7, 11) is -4.61.